The van der Waals surface area contributed by atoms with Crippen LogP contribution >= 0.6 is 22.6 Å². The normalized spacial score (nSPS) is 28.8. The number of amides is 1. The number of likely N-dealkylation sites (N-methyl/N-ethyl adjacent to an activating group) is 1. The number of allylic oxidation sites excluding steroid dienone is 1. The molecule has 0 radical (unpaired) electrons. The Kier molecular flexibility index (Phi) is 5.61. The molecule has 0 saturated heterocycles. The molecule has 4 rings (SSSR count). The van der Waals surface area contributed by atoms with E-state index in [0.29, 0.717) is 15.6 Å². The van der Waals surface area contributed by atoms with Gasteiger partial charge in [0, 0.05) is 37.3 Å². The van der Waals surface area contributed by atoms with Crippen LogP contribution in [0.25, 0.3) is 0 Å². The van der Waals surface area contributed by atoms with Crippen LogP contribution < -0.4 is 10.6 Å². The number of carbonyl (C=O) groups excluding carboxylic acids is 3. The number of nitrogens with two attached hydrogens (primary N) is 1. The topological polar surface area (TPSA) is 144 Å². The summed E-state index contributed by atoms with van der Waals surface area (Å²) in [5.74, 6) is -4.89. The van der Waals surface area contributed by atoms with Gasteiger partial charge in [0.2, 0.25) is 5.78 Å². The summed E-state index contributed by atoms with van der Waals surface area (Å²) >= 11 is 1.93. The molecule has 0 aliphatic heterocycles. The lowest BCUT2D eigenvalue weighted by Crippen LogP contribution is -2.62. The lowest BCUT2D eigenvalue weighted by molar-refractivity contribution is -0.146. The molecule has 33 heavy (non-hydrogen) atoms. The van der Waals surface area contributed by atoms with E-state index in [4.69, 9.17) is 5.73 Å². The van der Waals surface area contributed by atoms with E-state index < -0.39 is 52.3 Å². The van der Waals surface area contributed by atoms with Crippen molar-refractivity contribution in [3.8, 4) is 5.75 Å². The molecule has 0 spiro atoms. The van der Waals surface area contributed by atoms with Crippen LogP contribution in [0.15, 0.2) is 29.0 Å². The number of phenols is 1. The Balaban J connectivity index is 1.97. The smallest absolute Gasteiger partial charge is 0.252 e. The number of nitrogens with zero attached hydrogens (tertiary/aromatic N) is 2. The van der Waals surface area contributed by atoms with Crippen molar-refractivity contribution in [3.63, 3.8) is 0 Å². The zero-order valence-electron chi connectivity index (χ0n) is 18.7. The van der Waals surface area contributed by atoms with Crippen molar-refractivity contribution in [2.75, 3.05) is 33.1 Å². The second kappa shape index (κ2) is 7.81. The van der Waals surface area contributed by atoms with E-state index in [1.54, 1.807) is 25.1 Å². The van der Waals surface area contributed by atoms with Crippen LogP contribution in [0.5, 0.6) is 5.75 Å². The summed E-state index contributed by atoms with van der Waals surface area (Å²) in [5.41, 5.74) is 3.92. The molecule has 0 aromatic heterocycles. The summed E-state index contributed by atoms with van der Waals surface area (Å²) < 4.78 is 0.467. The molecular formula is C23H26IN3O6. The van der Waals surface area contributed by atoms with Crippen molar-refractivity contribution in [3.05, 3.63) is 43.7 Å². The van der Waals surface area contributed by atoms with E-state index in [-0.39, 0.29) is 23.3 Å². The second-order valence-electron chi connectivity index (χ2n) is 9.30. The predicted octanol–water partition coefficient (Wildman–Crippen LogP) is 0.905. The highest BCUT2D eigenvalue weighted by Gasteiger charge is 2.61. The monoisotopic (exact) mass is 567 g/mol. The Hall–Kier alpha value is -2.44. The lowest BCUT2D eigenvalue weighted by Gasteiger charge is -2.49. The molecule has 0 bridgehead atoms. The van der Waals surface area contributed by atoms with Crippen LogP contribution in [0, 0.1) is 15.4 Å². The largest absolute Gasteiger partial charge is 0.508 e. The number of halogens is 1. The molecule has 1 aromatic carbocycles. The third-order valence-corrected chi connectivity index (χ3v) is 7.87. The van der Waals surface area contributed by atoms with E-state index in [9.17, 15) is 29.7 Å². The van der Waals surface area contributed by atoms with Gasteiger partial charge in [-0.05, 0) is 67.1 Å². The first-order valence-corrected chi connectivity index (χ1v) is 11.5. The molecule has 0 fully saturated rings. The maximum Gasteiger partial charge on any atom is 0.252 e. The van der Waals surface area contributed by atoms with Crippen molar-refractivity contribution in [1.82, 2.24) is 4.90 Å². The molecule has 3 aliphatic carbocycles. The molecule has 1 amide bonds. The number of primary amides is 1. The van der Waals surface area contributed by atoms with Gasteiger partial charge in [-0.2, -0.15) is 0 Å². The third-order valence-electron chi connectivity index (χ3n) is 7.04. The van der Waals surface area contributed by atoms with E-state index in [1.807, 2.05) is 41.6 Å². The molecule has 1 aromatic rings. The Bertz CT molecular complexity index is 1170. The third kappa shape index (κ3) is 3.22. The number of fused-ring (bicyclic) bond motifs is 3. The minimum Gasteiger partial charge on any atom is -0.508 e. The van der Waals surface area contributed by atoms with Crippen molar-refractivity contribution in [1.29, 1.82) is 0 Å². The number of aliphatic hydroxyl groups is 2. The first-order chi connectivity index (χ1) is 15.3. The van der Waals surface area contributed by atoms with Gasteiger partial charge in [0.05, 0.1) is 14.7 Å². The number of anilines is 1. The summed E-state index contributed by atoms with van der Waals surface area (Å²) in [6, 6.07) is 1.22. The molecule has 10 heteroatoms. The summed E-state index contributed by atoms with van der Waals surface area (Å²) in [6.07, 6.45) is 1.99. The number of hydrogen-bond acceptors (Lipinski definition) is 8. The Morgan fingerprint density at radius 2 is 1.85 bits per heavy atom. The fraction of sp³-hybridized carbons (Fsp3) is 0.435. The molecule has 0 unspecified atom stereocenters. The Morgan fingerprint density at radius 3 is 2.39 bits per heavy atom. The molecule has 5 N–H and O–H groups in total. The van der Waals surface area contributed by atoms with Crippen molar-refractivity contribution < 1.29 is 29.7 Å². The van der Waals surface area contributed by atoms with Gasteiger partial charge >= 0.3 is 0 Å². The number of Topliss-reactive ketones (excluding diaryl/α,β-unsaturated/α-hetero) is 2. The SMILES string of the molecule is CN(C)c1cc(I)c(O)c2c1C[C@H]1C[C@H]3[C@H](N(C)C)C=C(C(N)=O)C(=O)[C@@]3(O)C(O)=C1C2=O. The number of phenolic OH excluding ortho intramolecular Hbond substituents is 1. The van der Waals surface area contributed by atoms with Gasteiger partial charge in [0.25, 0.3) is 5.91 Å². The van der Waals surface area contributed by atoms with E-state index >= 15 is 0 Å². The average Bonchev–Trinajstić information content (AvgIpc) is 2.72. The molecule has 0 saturated carbocycles. The molecule has 176 valence electrons. The number of aliphatic hydroxyl groups excluding tert-OH is 1. The summed E-state index contributed by atoms with van der Waals surface area (Å²) in [5, 5.41) is 33.6. The van der Waals surface area contributed by atoms with Crippen LogP contribution in [0.4, 0.5) is 5.69 Å². The van der Waals surface area contributed by atoms with Crippen LogP contribution in [0.1, 0.15) is 22.3 Å². The van der Waals surface area contributed by atoms with Gasteiger partial charge in [-0.1, -0.05) is 6.08 Å². The van der Waals surface area contributed by atoms with E-state index in [0.717, 1.165) is 5.69 Å². The zero-order chi connectivity index (χ0) is 24.6. The number of hydrogen-bond donors (Lipinski definition) is 4. The van der Waals surface area contributed by atoms with Crippen LogP contribution in [0.3, 0.4) is 0 Å². The number of benzene rings is 1. The predicted molar refractivity (Wildman–Crippen MR) is 129 cm³/mol. The van der Waals surface area contributed by atoms with Gasteiger partial charge in [0.15, 0.2) is 11.4 Å². The van der Waals surface area contributed by atoms with Gasteiger partial charge in [0.1, 0.15) is 11.5 Å². The summed E-state index contributed by atoms with van der Waals surface area (Å²) in [6.45, 7) is 0. The minimum atomic E-state index is -2.46. The fourth-order valence-corrected chi connectivity index (χ4v) is 6.04. The number of carbonyl (C=O) groups is 3. The highest BCUT2D eigenvalue weighted by molar-refractivity contribution is 14.1. The van der Waals surface area contributed by atoms with Crippen LogP contribution in [-0.4, -0.2) is 77.5 Å². The Labute approximate surface area is 204 Å². The van der Waals surface area contributed by atoms with E-state index in [1.165, 1.54) is 6.08 Å². The summed E-state index contributed by atoms with van der Waals surface area (Å²) in [4.78, 5) is 42.4. The molecule has 3 aliphatic rings. The minimum absolute atomic E-state index is 0.0588. The van der Waals surface area contributed by atoms with Gasteiger partial charge in [-0.25, -0.2) is 0 Å². The molecule has 0 heterocycles. The highest BCUT2D eigenvalue weighted by Crippen LogP contribution is 2.52. The van der Waals surface area contributed by atoms with Crippen molar-refractivity contribution in [2.45, 2.75) is 24.5 Å². The fourth-order valence-electron chi connectivity index (χ4n) is 5.48. The number of aromatic hydroxyl groups is 1. The van der Waals surface area contributed by atoms with Gasteiger partial charge in [-0.15, -0.1) is 0 Å². The van der Waals surface area contributed by atoms with E-state index in [2.05, 4.69) is 0 Å². The molecular weight excluding hydrogens is 541 g/mol. The van der Waals surface area contributed by atoms with Gasteiger partial charge in [-0.3, -0.25) is 14.4 Å². The van der Waals surface area contributed by atoms with Crippen molar-refractivity contribution >= 4 is 45.8 Å². The maximum absolute atomic E-state index is 13.6. The quantitative estimate of drug-likeness (QED) is 0.312. The average molecular weight is 567 g/mol. The number of rotatable bonds is 3. The number of ketones is 2. The van der Waals surface area contributed by atoms with Gasteiger partial charge < -0.3 is 30.9 Å². The zero-order valence-corrected chi connectivity index (χ0v) is 20.9. The first kappa shape index (κ1) is 23.7. The second-order valence-corrected chi connectivity index (χ2v) is 10.5. The molecule has 4 atom stereocenters. The molecule has 9 nitrogen and oxygen atoms in total. The first-order valence-electron chi connectivity index (χ1n) is 10.5. The highest BCUT2D eigenvalue weighted by atomic mass is 127. The van der Waals surface area contributed by atoms with Crippen LogP contribution in [-0.2, 0) is 16.0 Å². The lowest BCUT2D eigenvalue weighted by atomic mass is 9.59. The van der Waals surface area contributed by atoms with Crippen molar-refractivity contribution in [2.24, 2.45) is 17.6 Å². The summed E-state index contributed by atoms with van der Waals surface area (Å²) in [7, 11) is 7.15. The maximum atomic E-state index is 13.6. The Morgan fingerprint density at radius 1 is 1.21 bits per heavy atom. The standard InChI is InChI=1S/C23H26IN3O6/c1-26(2)14-8-13(24)18(28)17-10(14)5-9-6-12-15(27(3)4)7-11(22(25)32)20(30)23(12,33)21(31)16(9)19(17)29/h7-9,12,15,28,31,33H,5-6H2,1-4H3,(H2,25,32)/t9-,12-,15+,23+/m0/s1. The van der Waals surface area contributed by atoms with Crippen LogP contribution in [0.2, 0.25) is 0 Å².